The number of methoxy groups -OCH3 is 1. The van der Waals surface area contributed by atoms with E-state index < -0.39 is 46.8 Å². The second-order valence-electron chi connectivity index (χ2n) is 12.5. The van der Waals surface area contributed by atoms with Gasteiger partial charge in [-0.15, -0.1) is 0 Å². The minimum absolute atomic E-state index is 0.0157. The van der Waals surface area contributed by atoms with Crippen LogP contribution in [0.25, 0.3) is 0 Å². The third-order valence-electron chi connectivity index (χ3n) is 9.32. The Bertz CT molecular complexity index is 1160. The molecule has 0 spiro atoms. The molecule has 1 aromatic carbocycles. The van der Waals surface area contributed by atoms with Crippen LogP contribution in [0, 0.1) is 11.8 Å². The largest absolute Gasteiger partial charge is 0.396 e. The molecule has 3 saturated heterocycles. The minimum Gasteiger partial charge on any atom is -0.396 e. The van der Waals surface area contributed by atoms with Crippen molar-refractivity contribution >= 4 is 9.84 Å². The zero-order valence-corrected chi connectivity index (χ0v) is 26.4. The van der Waals surface area contributed by atoms with E-state index in [2.05, 4.69) is 20.1 Å². The molecule has 3 aliphatic heterocycles. The monoisotopic (exact) mass is 622 g/mol. The summed E-state index contributed by atoms with van der Waals surface area (Å²) in [5, 5.41) is 28.8. The van der Waals surface area contributed by atoms with Gasteiger partial charge in [-0.2, -0.15) is 0 Å². The highest BCUT2D eigenvalue weighted by molar-refractivity contribution is 7.91. The van der Waals surface area contributed by atoms with Gasteiger partial charge in [0, 0.05) is 32.5 Å². The highest BCUT2D eigenvalue weighted by Crippen LogP contribution is 2.41. The third-order valence-corrected chi connectivity index (χ3v) is 11.1. The summed E-state index contributed by atoms with van der Waals surface area (Å²) in [6, 6.07) is 8.35. The van der Waals surface area contributed by atoms with E-state index in [4.69, 9.17) is 24.1 Å². The molecule has 0 aromatic heterocycles. The Morgan fingerprint density at radius 1 is 1.00 bits per heavy atom. The Kier molecular flexibility index (Phi) is 12.4. The summed E-state index contributed by atoms with van der Waals surface area (Å²) in [7, 11) is -2.13. The molecule has 3 N–H and O–H groups in total. The Labute approximate surface area is 256 Å². The molecule has 0 radical (unpaired) electrons. The van der Waals surface area contributed by atoms with Gasteiger partial charge >= 0.3 is 0 Å². The zero-order valence-electron chi connectivity index (χ0n) is 25.6. The summed E-state index contributed by atoms with van der Waals surface area (Å²) < 4.78 is 52.0. The topological polar surface area (TPSA) is 132 Å². The van der Waals surface area contributed by atoms with Crippen LogP contribution in [0.4, 0.5) is 0 Å². The summed E-state index contributed by atoms with van der Waals surface area (Å²) in [5.74, 6) is -0.473. The molecule has 0 aliphatic carbocycles. The van der Waals surface area contributed by atoms with Crippen molar-refractivity contribution in [2.45, 2.75) is 112 Å². The van der Waals surface area contributed by atoms with Crippen LogP contribution < -0.4 is 0 Å². The maximum Gasteiger partial charge on any atom is 0.178 e. The predicted octanol–water partition coefficient (Wildman–Crippen LogP) is 3.61. The van der Waals surface area contributed by atoms with Crippen LogP contribution in [0.15, 0.2) is 59.5 Å². The first-order chi connectivity index (χ1) is 20.6. The van der Waals surface area contributed by atoms with Gasteiger partial charge in [-0.1, -0.05) is 38.3 Å². The number of rotatable bonds is 15. The molecule has 1 aromatic rings. The molecule has 10 atom stereocenters. The summed E-state index contributed by atoms with van der Waals surface area (Å²) in [6.07, 6.45) is 2.41. The molecule has 3 aliphatic rings. The van der Waals surface area contributed by atoms with Crippen molar-refractivity contribution in [2.24, 2.45) is 11.8 Å². The maximum absolute atomic E-state index is 13.5. The summed E-state index contributed by atoms with van der Waals surface area (Å²) in [6.45, 7) is 10.5. The van der Waals surface area contributed by atoms with E-state index in [0.29, 0.717) is 6.42 Å². The van der Waals surface area contributed by atoms with Crippen LogP contribution in [0.3, 0.4) is 0 Å². The Hall–Kier alpha value is -1.63. The first-order valence-electron chi connectivity index (χ1n) is 15.6. The zero-order chi connectivity index (χ0) is 31.1. The normalized spacial score (nSPS) is 34.1. The van der Waals surface area contributed by atoms with Gasteiger partial charge in [0.25, 0.3) is 0 Å². The van der Waals surface area contributed by atoms with Gasteiger partial charge in [0.05, 0.1) is 66.1 Å². The molecule has 43 heavy (non-hydrogen) atoms. The lowest BCUT2D eigenvalue weighted by atomic mass is 9.83. The number of benzene rings is 1. The van der Waals surface area contributed by atoms with Gasteiger partial charge < -0.3 is 34.3 Å². The van der Waals surface area contributed by atoms with Crippen LogP contribution in [-0.2, 0) is 28.8 Å². The molecular weight excluding hydrogens is 572 g/mol. The Balaban J connectivity index is 1.46. The first-order valence-corrected chi connectivity index (χ1v) is 17.2. The third kappa shape index (κ3) is 8.76. The highest BCUT2D eigenvalue weighted by atomic mass is 32.2. The lowest BCUT2D eigenvalue weighted by Crippen LogP contribution is -2.40. The lowest BCUT2D eigenvalue weighted by Gasteiger charge is -2.38. The SMILES string of the molecule is C=C1C[C@H](CCCO)O[C@H]1CC[C@H]1C[C@@H](C)C(=C)[C@@H](C[C@@H]2O[C@H](C[C@H](O)CO)[C@H](OC)[C@H]2CS(=O)(=O)c2ccccc2)O1. The van der Waals surface area contributed by atoms with Gasteiger partial charge in [0.15, 0.2) is 9.84 Å². The van der Waals surface area contributed by atoms with Gasteiger partial charge in [-0.25, -0.2) is 8.42 Å². The molecule has 0 unspecified atom stereocenters. The highest BCUT2D eigenvalue weighted by Gasteiger charge is 2.49. The second kappa shape index (κ2) is 15.6. The fraction of sp³-hybridized carbons (Fsp3) is 0.697. The van der Waals surface area contributed by atoms with Gasteiger partial charge in [0.1, 0.15) is 0 Å². The molecule has 3 fully saturated rings. The molecule has 0 saturated carbocycles. The fourth-order valence-corrected chi connectivity index (χ4v) is 8.58. The number of hydrogen-bond donors (Lipinski definition) is 3. The van der Waals surface area contributed by atoms with Gasteiger partial charge in [-0.3, -0.25) is 0 Å². The quantitative estimate of drug-likeness (QED) is 0.251. The summed E-state index contributed by atoms with van der Waals surface area (Å²) in [5.41, 5.74) is 2.05. The van der Waals surface area contributed by atoms with E-state index >= 15 is 0 Å². The van der Waals surface area contributed by atoms with Crippen molar-refractivity contribution in [2.75, 3.05) is 26.1 Å². The number of hydrogen-bond acceptors (Lipinski definition) is 9. The average molecular weight is 623 g/mol. The number of aliphatic hydroxyl groups excluding tert-OH is 3. The van der Waals surface area contributed by atoms with Crippen LogP contribution in [0.2, 0.25) is 0 Å². The van der Waals surface area contributed by atoms with Crippen molar-refractivity contribution in [1.29, 1.82) is 0 Å². The van der Waals surface area contributed by atoms with Gasteiger partial charge in [-0.05, 0) is 67.7 Å². The van der Waals surface area contributed by atoms with Crippen molar-refractivity contribution < 1.29 is 42.7 Å². The minimum atomic E-state index is -3.66. The molecule has 0 amide bonds. The second-order valence-corrected chi connectivity index (χ2v) is 14.5. The van der Waals surface area contributed by atoms with E-state index in [9.17, 15) is 18.6 Å². The van der Waals surface area contributed by atoms with Crippen LogP contribution in [0.1, 0.15) is 58.3 Å². The van der Waals surface area contributed by atoms with E-state index in [1.165, 1.54) is 7.11 Å². The number of sulfone groups is 1. The maximum atomic E-state index is 13.5. The summed E-state index contributed by atoms with van der Waals surface area (Å²) >= 11 is 0. The molecule has 10 heteroatoms. The molecule has 242 valence electrons. The molecule has 9 nitrogen and oxygen atoms in total. The van der Waals surface area contributed by atoms with Crippen LogP contribution in [0.5, 0.6) is 0 Å². The Morgan fingerprint density at radius 3 is 2.40 bits per heavy atom. The van der Waals surface area contributed by atoms with Crippen LogP contribution >= 0.6 is 0 Å². The lowest BCUT2D eigenvalue weighted by molar-refractivity contribution is -0.0790. The first kappa shape index (κ1) is 34.2. The van der Waals surface area contributed by atoms with E-state index in [1.54, 1.807) is 30.3 Å². The van der Waals surface area contributed by atoms with Crippen molar-refractivity contribution in [3.05, 3.63) is 54.6 Å². The van der Waals surface area contributed by atoms with E-state index in [-0.39, 0.29) is 54.0 Å². The van der Waals surface area contributed by atoms with E-state index in [0.717, 1.165) is 49.7 Å². The Morgan fingerprint density at radius 2 is 1.72 bits per heavy atom. The average Bonchev–Trinajstić information content (AvgIpc) is 3.50. The molecule has 3 heterocycles. The van der Waals surface area contributed by atoms with Crippen LogP contribution in [-0.4, -0.2) is 98.6 Å². The molecular formula is C33H50O9S. The van der Waals surface area contributed by atoms with Gasteiger partial charge in [0.2, 0.25) is 0 Å². The number of aliphatic hydroxyl groups is 3. The smallest absolute Gasteiger partial charge is 0.178 e. The van der Waals surface area contributed by atoms with Crippen molar-refractivity contribution in [3.8, 4) is 0 Å². The molecule has 4 rings (SSSR count). The van der Waals surface area contributed by atoms with E-state index in [1.807, 2.05) is 0 Å². The fourth-order valence-electron chi connectivity index (χ4n) is 6.90. The van der Waals surface area contributed by atoms with Crippen molar-refractivity contribution in [1.82, 2.24) is 0 Å². The predicted molar refractivity (Wildman–Crippen MR) is 163 cm³/mol. The summed E-state index contributed by atoms with van der Waals surface area (Å²) in [4.78, 5) is 0.240. The standard InChI is InChI=1S/C33H50O9S/c1-21-15-26(12-13-29-22(2)16-25(40-29)9-8-14-34)41-30(23(21)3)18-31-28(20-43(37,38)27-10-6-5-7-11-27)33(39-4)32(42-31)17-24(36)19-35/h5-7,10-11,21,24-26,28-36H,2-3,8-9,12-20H2,1,4H3/t21-,24+,25+,26+,28+,29+,30-,31+,32-,33-/m1/s1. The van der Waals surface area contributed by atoms with Crippen molar-refractivity contribution in [3.63, 3.8) is 0 Å². The molecule has 0 bridgehead atoms. The number of ether oxygens (including phenoxy) is 4.